The average molecular weight is 306 g/mol. The lowest BCUT2D eigenvalue weighted by atomic mass is 9.99. The van der Waals surface area contributed by atoms with Crippen molar-refractivity contribution in [3.8, 4) is 0 Å². The van der Waals surface area contributed by atoms with E-state index >= 15 is 0 Å². The van der Waals surface area contributed by atoms with Gasteiger partial charge in [0.15, 0.2) is 5.03 Å². The number of rotatable bonds is 4. The summed E-state index contributed by atoms with van der Waals surface area (Å²) in [4.78, 5) is 0. The third kappa shape index (κ3) is 2.79. The van der Waals surface area contributed by atoms with Crippen molar-refractivity contribution < 1.29 is 8.42 Å². The van der Waals surface area contributed by atoms with Gasteiger partial charge in [0.05, 0.1) is 6.20 Å². The van der Waals surface area contributed by atoms with Crippen LogP contribution in [-0.2, 0) is 30.0 Å². The largest absolute Gasteiger partial charge is 0.385 e. The van der Waals surface area contributed by atoms with Crippen molar-refractivity contribution in [1.82, 2.24) is 14.5 Å². The third-order valence-electron chi connectivity index (χ3n) is 3.67. The van der Waals surface area contributed by atoms with E-state index < -0.39 is 10.0 Å². The van der Waals surface area contributed by atoms with Crippen LogP contribution < -0.4 is 10.0 Å². The zero-order chi connectivity index (χ0) is 14.9. The van der Waals surface area contributed by atoms with Gasteiger partial charge >= 0.3 is 0 Å². The highest BCUT2D eigenvalue weighted by Gasteiger charge is 2.19. The molecular formula is C14H18N4O2S. The highest BCUT2D eigenvalue weighted by atomic mass is 32.2. The second kappa shape index (κ2) is 5.50. The van der Waals surface area contributed by atoms with Crippen molar-refractivity contribution in [3.63, 3.8) is 0 Å². The molecule has 0 spiro atoms. The van der Waals surface area contributed by atoms with Crippen LogP contribution >= 0.6 is 0 Å². The smallest absolute Gasteiger partial charge is 0.258 e. The number of para-hydroxylation sites is 1. The average Bonchev–Trinajstić information content (AvgIpc) is 2.92. The Hall–Kier alpha value is -1.86. The van der Waals surface area contributed by atoms with Gasteiger partial charge in [-0.1, -0.05) is 18.2 Å². The molecule has 0 bridgehead atoms. The van der Waals surface area contributed by atoms with Crippen LogP contribution in [0.4, 0.5) is 5.69 Å². The first-order valence-corrected chi connectivity index (χ1v) is 8.38. The molecule has 112 valence electrons. The standard InChI is InChI=1S/C14H18N4O2S/c1-18-13(7-9-16-18)21(19,20)17-10-12-5-2-4-11-6-3-8-15-14(11)12/h2,4-5,7,9,15,17H,3,6,8,10H2,1H3. The summed E-state index contributed by atoms with van der Waals surface area (Å²) < 4.78 is 28.5. The predicted molar refractivity (Wildman–Crippen MR) is 80.5 cm³/mol. The van der Waals surface area contributed by atoms with E-state index in [1.807, 2.05) is 12.1 Å². The molecule has 2 N–H and O–H groups in total. The molecule has 0 amide bonds. The molecule has 0 radical (unpaired) electrons. The maximum Gasteiger partial charge on any atom is 0.258 e. The van der Waals surface area contributed by atoms with Crippen molar-refractivity contribution in [2.45, 2.75) is 24.4 Å². The summed E-state index contributed by atoms with van der Waals surface area (Å²) in [6, 6.07) is 7.49. The van der Waals surface area contributed by atoms with Crippen molar-refractivity contribution in [3.05, 3.63) is 41.6 Å². The van der Waals surface area contributed by atoms with Gasteiger partial charge in [0.25, 0.3) is 10.0 Å². The Morgan fingerprint density at radius 2 is 2.24 bits per heavy atom. The van der Waals surface area contributed by atoms with E-state index in [0.717, 1.165) is 30.6 Å². The summed E-state index contributed by atoms with van der Waals surface area (Å²) in [5, 5.41) is 7.42. The normalized spacial score (nSPS) is 14.5. The summed E-state index contributed by atoms with van der Waals surface area (Å²) in [6.07, 6.45) is 3.61. The molecule has 7 heteroatoms. The summed E-state index contributed by atoms with van der Waals surface area (Å²) in [5.74, 6) is 0. The van der Waals surface area contributed by atoms with Gasteiger partial charge in [-0.15, -0.1) is 0 Å². The lowest BCUT2D eigenvalue weighted by molar-refractivity contribution is 0.563. The minimum absolute atomic E-state index is 0.167. The van der Waals surface area contributed by atoms with Gasteiger partial charge in [-0.25, -0.2) is 13.1 Å². The molecule has 0 fully saturated rings. The third-order valence-corrected chi connectivity index (χ3v) is 5.14. The van der Waals surface area contributed by atoms with Gasteiger partial charge in [-0.05, 0) is 30.0 Å². The Bertz CT molecular complexity index is 752. The molecule has 1 aromatic carbocycles. The Balaban J connectivity index is 1.81. The number of anilines is 1. The van der Waals surface area contributed by atoms with Crippen molar-refractivity contribution in [2.75, 3.05) is 11.9 Å². The van der Waals surface area contributed by atoms with E-state index in [1.54, 1.807) is 7.05 Å². The summed E-state index contributed by atoms with van der Waals surface area (Å²) >= 11 is 0. The molecule has 2 aromatic rings. The summed E-state index contributed by atoms with van der Waals surface area (Å²) in [7, 11) is -1.94. The molecule has 0 unspecified atom stereocenters. The Morgan fingerprint density at radius 1 is 1.38 bits per heavy atom. The van der Waals surface area contributed by atoms with E-state index in [9.17, 15) is 8.42 Å². The lowest BCUT2D eigenvalue weighted by Gasteiger charge is -2.21. The van der Waals surface area contributed by atoms with Crippen molar-refractivity contribution in [2.24, 2.45) is 7.05 Å². The first kappa shape index (κ1) is 14.1. The first-order chi connectivity index (χ1) is 10.1. The van der Waals surface area contributed by atoms with E-state index in [-0.39, 0.29) is 11.6 Å². The number of aryl methyl sites for hydroxylation is 2. The minimum Gasteiger partial charge on any atom is -0.385 e. The van der Waals surface area contributed by atoms with Crippen LogP contribution in [0.25, 0.3) is 0 Å². The Labute approximate surface area is 124 Å². The zero-order valence-electron chi connectivity index (χ0n) is 11.8. The fourth-order valence-electron chi connectivity index (χ4n) is 2.60. The molecular weight excluding hydrogens is 288 g/mol. The number of aromatic nitrogens is 2. The van der Waals surface area contributed by atoms with E-state index in [0.29, 0.717) is 0 Å². The van der Waals surface area contributed by atoms with Gasteiger partial charge in [-0.2, -0.15) is 5.10 Å². The fourth-order valence-corrected chi connectivity index (χ4v) is 3.73. The molecule has 3 rings (SSSR count). The van der Waals surface area contributed by atoms with Gasteiger partial charge in [0, 0.05) is 25.8 Å². The number of sulfonamides is 1. The van der Waals surface area contributed by atoms with Gasteiger partial charge in [0.1, 0.15) is 0 Å². The van der Waals surface area contributed by atoms with Crippen LogP contribution in [0.3, 0.4) is 0 Å². The maximum absolute atomic E-state index is 12.3. The number of hydrogen-bond acceptors (Lipinski definition) is 4. The van der Waals surface area contributed by atoms with Crippen LogP contribution in [0.5, 0.6) is 0 Å². The van der Waals surface area contributed by atoms with Crippen LogP contribution in [-0.4, -0.2) is 24.7 Å². The van der Waals surface area contributed by atoms with Crippen molar-refractivity contribution >= 4 is 15.7 Å². The molecule has 0 saturated heterocycles. The number of hydrogen-bond donors (Lipinski definition) is 2. The van der Waals surface area contributed by atoms with E-state index in [1.165, 1.54) is 22.5 Å². The molecule has 6 nitrogen and oxygen atoms in total. The fraction of sp³-hybridized carbons (Fsp3) is 0.357. The highest BCUT2D eigenvalue weighted by molar-refractivity contribution is 7.89. The molecule has 1 aromatic heterocycles. The van der Waals surface area contributed by atoms with E-state index in [4.69, 9.17) is 0 Å². The van der Waals surface area contributed by atoms with Crippen LogP contribution in [0.1, 0.15) is 17.5 Å². The Kier molecular flexibility index (Phi) is 3.69. The number of nitrogens with one attached hydrogen (secondary N) is 2. The van der Waals surface area contributed by atoms with Crippen LogP contribution in [0.2, 0.25) is 0 Å². The van der Waals surface area contributed by atoms with Crippen LogP contribution in [0.15, 0.2) is 35.5 Å². The van der Waals surface area contributed by atoms with Gasteiger partial charge < -0.3 is 5.32 Å². The summed E-state index contributed by atoms with van der Waals surface area (Å²) in [5.41, 5.74) is 3.29. The zero-order valence-corrected chi connectivity index (χ0v) is 12.7. The predicted octanol–water partition coefficient (Wildman–Crippen LogP) is 1.26. The quantitative estimate of drug-likeness (QED) is 0.891. The van der Waals surface area contributed by atoms with Crippen molar-refractivity contribution in [1.29, 1.82) is 0 Å². The lowest BCUT2D eigenvalue weighted by Crippen LogP contribution is -2.26. The number of fused-ring (bicyclic) bond motifs is 1. The first-order valence-electron chi connectivity index (χ1n) is 6.90. The highest BCUT2D eigenvalue weighted by Crippen LogP contribution is 2.26. The number of nitrogens with zero attached hydrogens (tertiary/aromatic N) is 2. The SMILES string of the molecule is Cn1nccc1S(=O)(=O)NCc1cccc2c1NCCC2. The molecule has 0 atom stereocenters. The molecule has 0 saturated carbocycles. The minimum atomic E-state index is -3.55. The second-order valence-corrected chi connectivity index (χ2v) is 6.81. The maximum atomic E-state index is 12.3. The molecule has 0 aliphatic carbocycles. The molecule has 1 aliphatic rings. The molecule has 1 aliphatic heterocycles. The van der Waals surface area contributed by atoms with Gasteiger partial charge in [0.2, 0.25) is 0 Å². The molecule has 2 heterocycles. The van der Waals surface area contributed by atoms with Gasteiger partial charge in [-0.3, -0.25) is 4.68 Å². The topological polar surface area (TPSA) is 76.0 Å². The van der Waals surface area contributed by atoms with E-state index in [2.05, 4.69) is 21.2 Å². The Morgan fingerprint density at radius 3 is 3.00 bits per heavy atom. The van der Waals surface area contributed by atoms with Crippen LogP contribution in [0, 0.1) is 0 Å². The molecule has 21 heavy (non-hydrogen) atoms. The number of benzene rings is 1. The second-order valence-electron chi connectivity index (χ2n) is 5.10. The summed E-state index contributed by atoms with van der Waals surface area (Å²) in [6.45, 7) is 1.20. The monoisotopic (exact) mass is 306 g/mol.